The number of para-hydroxylation sites is 1. The zero-order valence-electron chi connectivity index (χ0n) is 21.5. The maximum absolute atomic E-state index is 15.0. The molecule has 0 radical (unpaired) electrons. The maximum atomic E-state index is 15.0. The Labute approximate surface area is 227 Å². The summed E-state index contributed by atoms with van der Waals surface area (Å²) in [7, 11) is 1.21. The third-order valence-electron chi connectivity index (χ3n) is 6.81. The smallest absolute Gasteiger partial charge is 0.416 e. The maximum Gasteiger partial charge on any atom is 0.416 e. The van der Waals surface area contributed by atoms with Crippen molar-refractivity contribution in [1.29, 1.82) is 0 Å². The minimum Gasteiger partial charge on any atom is -0.469 e. The molecular formula is C31H23F5N2O2. The Morgan fingerprint density at radius 2 is 1.55 bits per heavy atom. The summed E-state index contributed by atoms with van der Waals surface area (Å²) in [6.45, 7) is 1.66. The second kappa shape index (κ2) is 10.6. The number of amidine groups is 1. The topological polar surface area (TPSA) is 41.9 Å². The van der Waals surface area contributed by atoms with Crippen LogP contribution >= 0.6 is 0 Å². The van der Waals surface area contributed by atoms with Crippen molar-refractivity contribution >= 4 is 23.2 Å². The summed E-state index contributed by atoms with van der Waals surface area (Å²) < 4.78 is 74.7. The quantitative estimate of drug-likeness (QED) is 0.186. The van der Waals surface area contributed by atoms with Gasteiger partial charge in [-0.25, -0.2) is 13.8 Å². The third-order valence-corrected chi connectivity index (χ3v) is 6.81. The second-order valence-corrected chi connectivity index (χ2v) is 9.37. The van der Waals surface area contributed by atoms with Gasteiger partial charge in [0, 0.05) is 16.8 Å². The van der Waals surface area contributed by atoms with Gasteiger partial charge >= 0.3 is 12.1 Å². The Hall–Kier alpha value is -4.53. The minimum atomic E-state index is -4.61. The Morgan fingerprint density at radius 1 is 0.875 bits per heavy atom. The van der Waals surface area contributed by atoms with Gasteiger partial charge in [0.1, 0.15) is 23.2 Å². The van der Waals surface area contributed by atoms with Crippen LogP contribution in [0.3, 0.4) is 0 Å². The lowest BCUT2D eigenvalue weighted by molar-refractivity contribution is -0.141. The Bertz CT molecular complexity index is 1610. The molecule has 1 aliphatic heterocycles. The Morgan fingerprint density at radius 3 is 2.23 bits per heavy atom. The van der Waals surface area contributed by atoms with Gasteiger partial charge in [-0.15, -0.1) is 0 Å². The van der Waals surface area contributed by atoms with Gasteiger partial charge in [-0.1, -0.05) is 48.5 Å². The monoisotopic (exact) mass is 550 g/mol. The number of methoxy groups -OCH3 is 1. The predicted octanol–water partition coefficient (Wildman–Crippen LogP) is 8.16. The van der Waals surface area contributed by atoms with Crippen LogP contribution in [0, 0.1) is 18.6 Å². The number of hydrogen-bond donors (Lipinski definition) is 0. The van der Waals surface area contributed by atoms with E-state index in [1.165, 1.54) is 42.3 Å². The van der Waals surface area contributed by atoms with E-state index in [9.17, 15) is 22.4 Å². The number of rotatable bonds is 5. The first-order valence-corrected chi connectivity index (χ1v) is 12.3. The summed E-state index contributed by atoms with van der Waals surface area (Å²) in [5.41, 5.74) is 2.06. The summed E-state index contributed by atoms with van der Waals surface area (Å²) in [4.78, 5) is 18.6. The summed E-state index contributed by atoms with van der Waals surface area (Å²) >= 11 is 0. The van der Waals surface area contributed by atoms with Crippen molar-refractivity contribution in [3.8, 4) is 11.1 Å². The first-order valence-electron chi connectivity index (χ1n) is 12.3. The molecule has 0 saturated heterocycles. The lowest BCUT2D eigenvalue weighted by Crippen LogP contribution is -2.39. The average molecular weight is 551 g/mol. The van der Waals surface area contributed by atoms with E-state index in [-0.39, 0.29) is 29.4 Å². The number of esters is 1. The van der Waals surface area contributed by atoms with Crippen LogP contribution in [0.4, 0.5) is 33.3 Å². The molecule has 0 spiro atoms. The Balaban J connectivity index is 1.68. The standard InChI is InChI=1S/C31H23F5N2O2/c1-18-15-21(13-14-25(18)32)19-9-11-20(12-10-19)30-37-29-24(7-4-8-26(29)33)27(17-28(39)40-2)38(30)23-6-3-5-22(16-23)31(34,35)36/h3-16,27H,17H2,1-2H3. The van der Waals surface area contributed by atoms with Crippen LogP contribution in [-0.2, 0) is 15.7 Å². The fourth-order valence-corrected chi connectivity index (χ4v) is 4.78. The summed E-state index contributed by atoms with van der Waals surface area (Å²) in [6, 6.07) is 19.7. The van der Waals surface area contributed by atoms with Crippen LogP contribution < -0.4 is 4.90 Å². The van der Waals surface area contributed by atoms with Crippen molar-refractivity contribution in [1.82, 2.24) is 0 Å². The first-order chi connectivity index (χ1) is 19.1. The highest BCUT2D eigenvalue weighted by atomic mass is 19.4. The molecule has 0 fully saturated rings. The summed E-state index contributed by atoms with van der Waals surface area (Å²) in [5.74, 6) is -1.42. The van der Waals surface area contributed by atoms with Crippen LogP contribution in [0.25, 0.3) is 11.1 Å². The number of aryl methyl sites for hydroxylation is 1. The molecule has 0 amide bonds. The molecule has 4 aromatic rings. The molecule has 1 aliphatic rings. The molecule has 5 rings (SSSR count). The van der Waals surface area contributed by atoms with E-state index in [4.69, 9.17) is 4.74 Å². The van der Waals surface area contributed by atoms with E-state index in [1.54, 1.807) is 49.4 Å². The van der Waals surface area contributed by atoms with Crippen LogP contribution in [0.15, 0.2) is 89.9 Å². The second-order valence-electron chi connectivity index (χ2n) is 9.37. The molecule has 1 unspecified atom stereocenters. The van der Waals surface area contributed by atoms with Crippen LogP contribution in [0.1, 0.15) is 34.7 Å². The highest BCUT2D eigenvalue weighted by molar-refractivity contribution is 6.13. The number of hydrogen-bond acceptors (Lipinski definition) is 4. The molecule has 1 atom stereocenters. The molecule has 9 heteroatoms. The molecule has 4 nitrogen and oxygen atoms in total. The zero-order chi connectivity index (χ0) is 28.6. The fourth-order valence-electron chi connectivity index (χ4n) is 4.78. The number of alkyl halides is 3. The van der Waals surface area contributed by atoms with Gasteiger partial charge in [0.25, 0.3) is 0 Å². The molecule has 0 aliphatic carbocycles. The van der Waals surface area contributed by atoms with Crippen molar-refractivity contribution < 1.29 is 31.5 Å². The van der Waals surface area contributed by atoms with E-state index in [0.717, 1.165) is 23.3 Å². The highest BCUT2D eigenvalue weighted by Crippen LogP contribution is 2.43. The van der Waals surface area contributed by atoms with Gasteiger partial charge in [0.2, 0.25) is 0 Å². The summed E-state index contributed by atoms with van der Waals surface area (Å²) in [5, 5.41) is 0. The summed E-state index contributed by atoms with van der Waals surface area (Å²) in [6.07, 6.45) is -4.88. The van der Waals surface area contributed by atoms with Crippen molar-refractivity contribution in [3.05, 3.63) is 119 Å². The molecule has 0 aromatic heterocycles. The average Bonchev–Trinajstić information content (AvgIpc) is 2.94. The molecule has 0 bridgehead atoms. The molecule has 0 saturated carbocycles. The van der Waals surface area contributed by atoms with E-state index in [2.05, 4.69) is 4.99 Å². The number of anilines is 1. The number of ether oxygens (including phenoxy) is 1. The number of benzene rings is 4. The first kappa shape index (κ1) is 27.1. The number of fused-ring (bicyclic) bond motifs is 1. The van der Waals surface area contributed by atoms with Crippen molar-refractivity contribution in [2.75, 3.05) is 12.0 Å². The largest absolute Gasteiger partial charge is 0.469 e. The lowest BCUT2D eigenvalue weighted by Gasteiger charge is -2.38. The number of carbonyl (C=O) groups is 1. The predicted molar refractivity (Wildman–Crippen MR) is 142 cm³/mol. The number of halogens is 5. The van der Waals surface area contributed by atoms with E-state index in [0.29, 0.717) is 16.7 Å². The normalized spacial score (nSPS) is 14.9. The minimum absolute atomic E-state index is 0.00661. The zero-order valence-corrected chi connectivity index (χ0v) is 21.5. The molecule has 204 valence electrons. The highest BCUT2D eigenvalue weighted by Gasteiger charge is 2.37. The van der Waals surface area contributed by atoms with Crippen molar-refractivity contribution in [2.45, 2.75) is 25.6 Å². The number of nitrogens with zero attached hydrogens (tertiary/aromatic N) is 2. The number of aliphatic imine (C=N–C) groups is 1. The lowest BCUT2D eigenvalue weighted by atomic mass is 9.94. The van der Waals surface area contributed by atoms with E-state index >= 15 is 4.39 Å². The molecular weight excluding hydrogens is 527 g/mol. The van der Waals surface area contributed by atoms with Gasteiger partial charge in [0.05, 0.1) is 25.1 Å². The van der Waals surface area contributed by atoms with Gasteiger partial charge in [-0.3, -0.25) is 4.79 Å². The van der Waals surface area contributed by atoms with Gasteiger partial charge in [-0.2, -0.15) is 13.2 Å². The molecule has 0 N–H and O–H groups in total. The van der Waals surface area contributed by atoms with Crippen molar-refractivity contribution in [2.24, 2.45) is 4.99 Å². The van der Waals surface area contributed by atoms with Gasteiger partial charge < -0.3 is 9.64 Å². The fraction of sp³-hybridized carbons (Fsp3) is 0.161. The van der Waals surface area contributed by atoms with E-state index in [1.807, 2.05) is 0 Å². The van der Waals surface area contributed by atoms with Gasteiger partial charge in [0.15, 0.2) is 0 Å². The molecule has 40 heavy (non-hydrogen) atoms. The van der Waals surface area contributed by atoms with Gasteiger partial charge in [-0.05, 0) is 60.0 Å². The SMILES string of the molecule is COC(=O)CC1c2cccc(F)c2N=C(c2ccc(-c3ccc(F)c(C)c3)cc2)N1c1cccc(C(F)(F)F)c1. The Kier molecular flexibility index (Phi) is 7.14. The van der Waals surface area contributed by atoms with Crippen LogP contribution in [0.2, 0.25) is 0 Å². The molecule has 1 heterocycles. The van der Waals surface area contributed by atoms with E-state index < -0.39 is 29.6 Å². The van der Waals surface area contributed by atoms with Crippen LogP contribution in [-0.4, -0.2) is 18.9 Å². The van der Waals surface area contributed by atoms with Crippen LogP contribution in [0.5, 0.6) is 0 Å². The molecule has 4 aromatic carbocycles. The van der Waals surface area contributed by atoms with Crippen molar-refractivity contribution in [3.63, 3.8) is 0 Å². The third kappa shape index (κ3) is 5.19. The number of carbonyl (C=O) groups excluding carboxylic acids is 1.